The van der Waals surface area contributed by atoms with Crippen LogP contribution in [0.5, 0.6) is 0 Å². The van der Waals surface area contributed by atoms with Crippen molar-refractivity contribution in [3.63, 3.8) is 0 Å². The Morgan fingerprint density at radius 3 is 2.56 bits per heavy atom. The number of rotatable bonds is 3. The first-order valence-corrected chi connectivity index (χ1v) is 4.00. The monoisotopic (exact) mass is 127 g/mol. The van der Waals surface area contributed by atoms with Crippen molar-refractivity contribution in [1.29, 1.82) is 0 Å². The molecule has 0 aromatic rings. The van der Waals surface area contributed by atoms with Crippen molar-refractivity contribution >= 4 is 0 Å². The van der Waals surface area contributed by atoms with E-state index >= 15 is 0 Å². The molecule has 0 heterocycles. The van der Waals surface area contributed by atoms with Crippen LogP contribution in [0.2, 0.25) is 0 Å². The number of nitrogens with one attached hydrogen (secondary N) is 1. The summed E-state index contributed by atoms with van der Waals surface area (Å²) in [6.45, 7) is 6.70. The van der Waals surface area contributed by atoms with Crippen molar-refractivity contribution in [2.45, 2.75) is 45.7 Å². The Morgan fingerprint density at radius 1 is 1.56 bits per heavy atom. The van der Waals surface area contributed by atoms with E-state index < -0.39 is 0 Å². The van der Waals surface area contributed by atoms with E-state index in [1.54, 1.807) is 0 Å². The van der Waals surface area contributed by atoms with Crippen LogP contribution in [0.1, 0.15) is 33.6 Å². The predicted octanol–water partition coefficient (Wildman–Crippen LogP) is 1.78. The predicted molar refractivity (Wildman–Crippen MR) is 40.5 cm³/mol. The van der Waals surface area contributed by atoms with Gasteiger partial charge in [0.2, 0.25) is 0 Å². The second-order valence-corrected chi connectivity index (χ2v) is 3.33. The molecule has 2 atom stereocenters. The summed E-state index contributed by atoms with van der Waals surface area (Å²) in [5, 5.41) is 3.52. The van der Waals surface area contributed by atoms with Crippen molar-refractivity contribution in [3.8, 4) is 0 Å². The van der Waals surface area contributed by atoms with Crippen LogP contribution in [0.3, 0.4) is 0 Å². The molecule has 9 heavy (non-hydrogen) atoms. The van der Waals surface area contributed by atoms with Crippen molar-refractivity contribution in [3.05, 3.63) is 0 Å². The summed E-state index contributed by atoms with van der Waals surface area (Å²) in [6, 6.07) is 1.53. The van der Waals surface area contributed by atoms with E-state index in [2.05, 4.69) is 26.1 Å². The Bertz CT molecular complexity index is 88.6. The summed E-state index contributed by atoms with van der Waals surface area (Å²) in [7, 11) is 0. The molecule has 0 saturated heterocycles. The van der Waals surface area contributed by atoms with Gasteiger partial charge in [0.1, 0.15) is 0 Å². The molecule has 0 radical (unpaired) electrons. The third-order valence-electron chi connectivity index (χ3n) is 1.99. The minimum atomic E-state index is 0.673. The Morgan fingerprint density at radius 2 is 2.22 bits per heavy atom. The lowest BCUT2D eigenvalue weighted by molar-refractivity contribution is 0.551. The fourth-order valence-corrected chi connectivity index (χ4v) is 1.33. The van der Waals surface area contributed by atoms with Gasteiger partial charge in [-0.2, -0.15) is 0 Å². The quantitative estimate of drug-likeness (QED) is 0.609. The van der Waals surface area contributed by atoms with Crippen LogP contribution in [0.25, 0.3) is 0 Å². The van der Waals surface area contributed by atoms with Crippen molar-refractivity contribution in [1.82, 2.24) is 5.32 Å². The Labute approximate surface area is 57.8 Å². The maximum atomic E-state index is 3.52. The molecule has 0 aromatic carbocycles. The first-order valence-electron chi connectivity index (χ1n) is 4.00. The van der Waals surface area contributed by atoms with Gasteiger partial charge in [0.05, 0.1) is 0 Å². The zero-order valence-electron chi connectivity index (χ0n) is 6.65. The molecule has 1 rings (SSSR count). The third kappa shape index (κ3) is 1.98. The summed E-state index contributed by atoms with van der Waals surface area (Å²) in [5.41, 5.74) is 0. The Balaban J connectivity index is 2.05. The van der Waals surface area contributed by atoms with Crippen molar-refractivity contribution in [2.75, 3.05) is 0 Å². The Kier molecular flexibility index (Phi) is 2.12. The highest BCUT2D eigenvalue weighted by molar-refractivity contribution is 4.92. The minimum absolute atomic E-state index is 0.673. The molecule has 0 amide bonds. The summed E-state index contributed by atoms with van der Waals surface area (Å²) >= 11 is 0. The molecule has 1 aliphatic carbocycles. The minimum Gasteiger partial charge on any atom is -0.311 e. The largest absolute Gasteiger partial charge is 0.311 e. The van der Waals surface area contributed by atoms with E-state index in [-0.39, 0.29) is 0 Å². The average molecular weight is 127 g/mol. The van der Waals surface area contributed by atoms with Crippen LogP contribution < -0.4 is 5.32 Å². The second kappa shape index (κ2) is 2.70. The second-order valence-electron chi connectivity index (χ2n) is 3.33. The lowest BCUT2D eigenvalue weighted by Crippen LogP contribution is -2.25. The average Bonchev–Trinajstić information content (AvgIpc) is 2.45. The SMILES string of the molecule is CCC1CC1NC(C)C. The van der Waals surface area contributed by atoms with Crippen molar-refractivity contribution < 1.29 is 0 Å². The standard InChI is InChI=1S/C8H17N/c1-4-7-5-8(7)9-6(2)3/h6-9H,4-5H2,1-3H3. The van der Waals surface area contributed by atoms with Crippen LogP contribution in [-0.2, 0) is 0 Å². The van der Waals surface area contributed by atoms with Crippen LogP contribution >= 0.6 is 0 Å². The smallest absolute Gasteiger partial charge is 0.0101 e. The maximum Gasteiger partial charge on any atom is 0.0101 e. The summed E-state index contributed by atoms with van der Waals surface area (Å²) in [6.07, 6.45) is 2.76. The molecule has 1 N–H and O–H groups in total. The molecule has 1 saturated carbocycles. The molecule has 1 nitrogen and oxygen atoms in total. The van der Waals surface area contributed by atoms with E-state index in [0.29, 0.717) is 6.04 Å². The van der Waals surface area contributed by atoms with E-state index in [1.165, 1.54) is 12.8 Å². The molecule has 1 fully saturated rings. The molecule has 54 valence electrons. The molecule has 1 aliphatic rings. The fourth-order valence-electron chi connectivity index (χ4n) is 1.33. The van der Waals surface area contributed by atoms with E-state index in [1.807, 2.05) is 0 Å². The summed E-state index contributed by atoms with van der Waals surface area (Å²) in [4.78, 5) is 0. The van der Waals surface area contributed by atoms with Gasteiger partial charge in [-0.15, -0.1) is 0 Å². The van der Waals surface area contributed by atoms with Gasteiger partial charge < -0.3 is 5.32 Å². The lowest BCUT2D eigenvalue weighted by Gasteiger charge is -2.05. The topological polar surface area (TPSA) is 12.0 Å². The van der Waals surface area contributed by atoms with Gasteiger partial charge in [-0.3, -0.25) is 0 Å². The molecule has 0 aliphatic heterocycles. The molecule has 1 heteroatoms. The van der Waals surface area contributed by atoms with Crippen LogP contribution in [-0.4, -0.2) is 12.1 Å². The summed E-state index contributed by atoms with van der Waals surface area (Å²) < 4.78 is 0. The van der Waals surface area contributed by atoms with Gasteiger partial charge in [-0.25, -0.2) is 0 Å². The Hall–Kier alpha value is -0.0400. The molecule has 0 aromatic heterocycles. The first-order chi connectivity index (χ1) is 4.24. The zero-order chi connectivity index (χ0) is 6.85. The zero-order valence-corrected chi connectivity index (χ0v) is 6.65. The van der Waals surface area contributed by atoms with Gasteiger partial charge in [0.15, 0.2) is 0 Å². The van der Waals surface area contributed by atoms with Gasteiger partial charge in [0.25, 0.3) is 0 Å². The molecular formula is C8H17N. The normalized spacial score (nSPS) is 33.3. The highest BCUT2D eigenvalue weighted by Crippen LogP contribution is 2.33. The van der Waals surface area contributed by atoms with Crippen molar-refractivity contribution in [2.24, 2.45) is 5.92 Å². The first kappa shape index (κ1) is 7.07. The van der Waals surface area contributed by atoms with E-state index in [0.717, 1.165) is 12.0 Å². The van der Waals surface area contributed by atoms with Gasteiger partial charge >= 0.3 is 0 Å². The maximum absolute atomic E-state index is 3.52. The van der Waals surface area contributed by atoms with Crippen LogP contribution in [0.4, 0.5) is 0 Å². The van der Waals surface area contributed by atoms with Crippen LogP contribution in [0, 0.1) is 5.92 Å². The highest BCUT2D eigenvalue weighted by Gasteiger charge is 2.34. The number of hydrogen-bond acceptors (Lipinski definition) is 1. The third-order valence-corrected chi connectivity index (χ3v) is 1.99. The molecule has 2 unspecified atom stereocenters. The van der Waals surface area contributed by atoms with E-state index in [9.17, 15) is 0 Å². The molecule has 0 bridgehead atoms. The molecule has 0 spiro atoms. The number of hydrogen-bond donors (Lipinski definition) is 1. The highest BCUT2D eigenvalue weighted by atomic mass is 15.0. The van der Waals surface area contributed by atoms with E-state index in [4.69, 9.17) is 0 Å². The lowest BCUT2D eigenvalue weighted by atomic mass is 10.3. The van der Waals surface area contributed by atoms with Gasteiger partial charge in [-0.1, -0.05) is 27.2 Å². The summed E-state index contributed by atoms with van der Waals surface area (Å²) in [5.74, 6) is 0.993. The van der Waals surface area contributed by atoms with Gasteiger partial charge in [-0.05, 0) is 12.3 Å². The van der Waals surface area contributed by atoms with Crippen LogP contribution in [0.15, 0.2) is 0 Å². The van der Waals surface area contributed by atoms with Gasteiger partial charge in [0, 0.05) is 12.1 Å². The molecular weight excluding hydrogens is 110 g/mol. The fraction of sp³-hybridized carbons (Fsp3) is 1.00.